The molecule has 0 aliphatic heterocycles. The normalized spacial score (nSPS) is 11.3. The Morgan fingerprint density at radius 1 is 0.969 bits per heavy atom. The Bertz CT molecular complexity index is 1180. The third-order valence-electron chi connectivity index (χ3n) is 3.78. The van der Waals surface area contributed by atoms with Crippen molar-refractivity contribution >= 4 is 73.4 Å². The molecule has 0 saturated carbocycles. The number of hydrogen-bond donors (Lipinski definition) is 0. The molecule has 0 aliphatic rings. The summed E-state index contributed by atoms with van der Waals surface area (Å²) in [5, 5.41) is 13.2. The Kier molecular flexibility index (Phi) is 7.98. The summed E-state index contributed by atoms with van der Waals surface area (Å²) in [7, 11) is 0. The third-order valence-corrected chi connectivity index (χ3v) is 6.57. The number of nitro groups is 1. The van der Waals surface area contributed by atoms with Crippen LogP contribution in [0.2, 0.25) is 0 Å². The quantitative estimate of drug-likeness (QED) is 0.165. The first-order valence-corrected chi connectivity index (χ1v) is 11.8. The average molecular weight is 492 g/mol. The van der Waals surface area contributed by atoms with E-state index in [-0.39, 0.29) is 39.3 Å². The van der Waals surface area contributed by atoms with Crippen molar-refractivity contribution in [3.05, 3.63) is 60.6 Å². The van der Waals surface area contributed by atoms with E-state index in [1.807, 2.05) is 17.5 Å². The largest absolute Gasteiger partial charge is 0.462 e. The molecule has 0 unspecified atom stereocenters. The van der Waals surface area contributed by atoms with Crippen LogP contribution in [0.5, 0.6) is 0 Å². The highest BCUT2D eigenvalue weighted by Crippen LogP contribution is 2.42. The van der Waals surface area contributed by atoms with Crippen LogP contribution < -0.4 is 0 Å². The molecule has 0 radical (unpaired) electrons. The van der Waals surface area contributed by atoms with Gasteiger partial charge in [-0.1, -0.05) is 28.7 Å². The molecule has 166 valence electrons. The molecule has 32 heavy (non-hydrogen) atoms. The molecule has 3 heterocycles. The first kappa shape index (κ1) is 23.4. The van der Waals surface area contributed by atoms with E-state index in [9.17, 15) is 19.7 Å². The minimum atomic E-state index is -0.728. The molecule has 0 saturated heterocycles. The number of carbonyl (C=O) groups is 2. The first-order chi connectivity index (χ1) is 15.4. The lowest BCUT2D eigenvalue weighted by atomic mass is 10.1. The standard InChI is InChI=1S/C20H17N3O6S3/c1-3-28-19(24)15-16(20(25)29-4-2)18(22-11-13-7-8-14(31-13)23(26)27)32-17(15)21-10-12-6-5-9-30-12/h5-11H,3-4H2,1-2H3/b21-10+,22-11+. The van der Waals surface area contributed by atoms with Crippen molar-refractivity contribution in [1.29, 1.82) is 0 Å². The predicted molar refractivity (Wildman–Crippen MR) is 126 cm³/mol. The van der Waals surface area contributed by atoms with Crippen LogP contribution in [0.15, 0.2) is 39.6 Å². The van der Waals surface area contributed by atoms with Crippen LogP contribution in [-0.2, 0) is 9.47 Å². The zero-order valence-corrected chi connectivity index (χ0v) is 19.4. The lowest BCUT2D eigenvalue weighted by Gasteiger charge is -2.05. The van der Waals surface area contributed by atoms with E-state index < -0.39 is 16.9 Å². The van der Waals surface area contributed by atoms with Gasteiger partial charge in [-0.2, -0.15) is 0 Å². The number of hydrogen-bond acceptors (Lipinski definition) is 11. The second-order valence-electron chi connectivity index (χ2n) is 5.87. The van der Waals surface area contributed by atoms with Crippen LogP contribution >= 0.6 is 34.0 Å². The van der Waals surface area contributed by atoms with Gasteiger partial charge in [0.15, 0.2) is 0 Å². The SMILES string of the molecule is CCOC(=O)c1c(/N=C/c2cccs2)sc(/N=C/c2ccc([N+](=O)[O-])s2)c1C(=O)OCC. The number of esters is 2. The molecule has 0 atom stereocenters. The van der Waals surface area contributed by atoms with Crippen molar-refractivity contribution in [3.63, 3.8) is 0 Å². The topological polar surface area (TPSA) is 120 Å². The van der Waals surface area contributed by atoms with Crippen LogP contribution in [-0.4, -0.2) is 42.5 Å². The van der Waals surface area contributed by atoms with Gasteiger partial charge >= 0.3 is 16.9 Å². The van der Waals surface area contributed by atoms with Gasteiger partial charge in [0.05, 0.1) is 23.0 Å². The van der Waals surface area contributed by atoms with Gasteiger partial charge in [0.1, 0.15) is 21.1 Å². The van der Waals surface area contributed by atoms with Crippen LogP contribution in [0.1, 0.15) is 44.3 Å². The summed E-state index contributed by atoms with van der Waals surface area (Å²) < 4.78 is 10.3. The minimum Gasteiger partial charge on any atom is -0.462 e. The van der Waals surface area contributed by atoms with E-state index in [4.69, 9.17) is 9.47 Å². The Balaban J connectivity index is 2.09. The Labute approximate surface area is 194 Å². The van der Waals surface area contributed by atoms with Crippen LogP contribution in [0.25, 0.3) is 0 Å². The summed E-state index contributed by atoms with van der Waals surface area (Å²) in [6, 6.07) is 6.65. The zero-order chi connectivity index (χ0) is 23.1. The van der Waals surface area contributed by atoms with Crippen molar-refractivity contribution < 1.29 is 24.0 Å². The summed E-state index contributed by atoms with van der Waals surface area (Å²) in [6.45, 7) is 3.52. The van der Waals surface area contributed by atoms with Gasteiger partial charge in [0.25, 0.3) is 0 Å². The highest BCUT2D eigenvalue weighted by atomic mass is 32.1. The zero-order valence-electron chi connectivity index (χ0n) is 17.0. The molecule has 0 spiro atoms. The molecule has 0 aromatic carbocycles. The maximum Gasteiger partial charge on any atom is 0.342 e. The molecule has 9 nitrogen and oxygen atoms in total. The fourth-order valence-electron chi connectivity index (χ4n) is 2.49. The monoisotopic (exact) mass is 491 g/mol. The Morgan fingerprint density at radius 3 is 2.03 bits per heavy atom. The average Bonchev–Trinajstić information content (AvgIpc) is 3.50. The lowest BCUT2D eigenvalue weighted by molar-refractivity contribution is -0.380. The van der Waals surface area contributed by atoms with Gasteiger partial charge in [0.2, 0.25) is 0 Å². The molecule has 3 aromatic rings. The summed E-state index contributed by atoms with van der Waals surface area (Å²) in [6.07, 6.45) is 2.98. The van der Waals surface area contributed by atoms with Gasteiger partial charge in [-0.15, -0.1) is 11.3 Å². The molecular formula is C20H17N3O6S3. The van der Waals surface area contributed by atoms with Crippen molar-refractivity contribution in [2.45, 2.75) is 13.8 Å². The minimum absolute atomic E-state index is 0.0209. The second kappa shape index (κ2) is 10.9. The highest BCUT2D eigenvalue weighted by molar-refractivity contribution is 7.20. The van der Waals surface area contributed by atoms with Crippen molar-refractivity contribution in [1.82, 2.24) is 0 Å². The summed E-state index contributed by atoms with van der Waals surface area (Å²) >= 11 is 3.43. The van der Waals surface area contributed by atoms with E-state index in [2.05, 4.69) is 9.98 Å². The fraction of sp³-hybridized carbons (Fsp3) is 0.200. The van der Waals surface area contributed by atoms with Gasteiger partial charge in [-0.3, -0.25) is 10.1 Å². The van der Waals surface area contributed by atoms with Crippen LogP contribution in [0.4, 0.5) is 15.0 Å². The van der Waals surface area contributed by atoms with Gasteiger partial charge < -0.3 is 9.47 Å². The smallest absolute Gasteiger partial charge is 0.342 e. The van der Waals surface area contributed by atoms with Crippen molar-refractivity contribution in [3.8, 4) is 0 Å². The molecule has 0 bridgehead atoms. The van der Waals surface area contributed by atoms with Crippen LogP contribution in [0.3, 0.4) is 0 Å². The molecule has 3 rings (SSSR count). The molecule has 0 fully saturated rings. The lowest BCUT2D eigenvalue weighted by Crippen LogP contribution is -2.12. The molecule has 0 N–H and O–H groups in total. The first-order valence-electron chi connectivity index (χ1n) is 9.31. The molecule has 0 amide bonds. The third kappa shape index (κ3) is 5.52. The summed E-state index contributed by atoms with van der Waals surface area (Å²) in [4.78, 5) is 45.9. The maximum absolute atomic E-state index is 12.7. The number of nitrogens with zero attached hydrogens (tertiary/aromatic N) is 3. The Morgan fingerprint density at radius 2 is 1.56 bits per heavy atom. The predicted octanol–water partition coefficient (Wildman–Crippen LogP) is 5.63. The van der Waals surface area contributed by atoms with E-state index in [1.165, 1.54) is 23.6 Å². The summed E-state index contributed by atoms with van der Waals surface area (Å²) in [5.74, 6) is -1.44. The highest BCUT2D eigenvalue weighted by Gasteiger charge is 2.30. The number of carbonyl (C=O) groups excluding carboxylic acids is 2. The van der Waals surface area contributed by atoms with Gasteiger partial charge in [-0.05, 0) is 31.4 Å². The van der Waals surface area contributed by atoms with Crippen LogP contribution in [0, 0.1) is 10.1 Å². The summed E-state index contributed by atoms with van der Waals surface area (Å²) in [5.41, 5.74) is -0.0663. The van der Waals surface area contributed by atoms with E-state index in [0.717, 1.165) is 27.6 Å². The fourth-order valence-corrected chi connectivity index (χ4v) is 4.74. The van der Waals surface area contributed by atoms with E-state index >= 15 is 0 Å². The number of aliphatic imine (C=N–C) groups is 2. The van der Waals surface area contributed by atoms with Crippen molar-refractivity contribution in [2.75, 3.05) is 13.2 Å². The molecular weight excluding hydrogens is 474 g/mol. The van der Waals surface area contributed by atoms with E-state index in [1.54, 1.807) is 26.1 Å². The van der Waals surface area contributed by atoms with Crippen molar-refractivity contribution in [2.24, 2.45) is 9.98 Å². The number of ether oxygens (including phenoxy) is 2. The van der Waals surface area contributed by atoms with Gasteiger partial charge in [-0.25, -0.2) is 19.6 Å². The molecule has 3 aromatic heterocycles. The Hall–Kier alpha value is -3.22. The molecule has 12 heteroatoms. The maximum atomic E-state index is 12.7. The number of thiophene rings is 3. The van der Waals surface area contributed by atoms with Gasteiger partial charge in [0, 0.05) is 23.4 Å². The second-order valence-corrected chi connectivity index (χ2v) is 8.92. The number of rotatable bonds is 9. The molecule has 0 aliphatic carbocycles. The van der Waals surface area contributed by atoms with E-state index in [0.29, 0.717) is 4.88 Å².